The van der Waals surface area contributed by atoms with E-state index < -0.39 is 12.4 Å². The van der Waals surface area contributed by atoms with Crippen LogP contribution in [0.15, 0.2) is 59.5 Å². The molecule has 0 saturated carbocycles. The minimum Gasteiger partial charge on any atom is -0.445 e. The minimum atomic E-state index is -4.75. The van der Waals surface area contributed by atoms with E-state index in [1.165, 1.54) is 0 Å². The SMILES string of the molecule is C.C=C(C)[B-](F)(F)F.C=C(C)c1cc(C#N)ccc1N.N#Cc1ccc(N)c(Br)c1.[K+]. The first-order chi connectivity index (χ1) is 13.3. The summed E-state index contributed by atoms with van der Waals surface area (Å²) in [5.74, 6) is 0. The summed E-state index contributed by atoms with van der Waals surface area (Å²) in [6.07, 6.45) is 0. The molecule has 0 aliphatic heterocycles. The molecule has 0 heterocycles. The molecule has 0 amide bonds. The van der Waals surface area contributed by atoms with Gasteiger partial charge >= 0.3 is 58.4 Å². The van der Waals surface area contributed by atoms with Crippen LogP contribution in [0.1, 0.15) is 38.0 Å². The molecule has 2 aromatic rings. The van der Waals surface area contributed by atoms with Crippen molar-refractivity contribution in [2.24, 2.45) is 0 Å². The van der Waals surface area contributed by atoms with E-state index in [1.54, 1.807) is 36.4 Å². The molecule has 0 radical (unpaired) electrons. The first kappa shape index (κ1) is 34.1. The van der Waals surface area contributed by atoms with E-state index in [4.69, 9.17) is 22.0 Å². The van der Waals surface area contributed by atoms with Crippen LogP contribution in [0.2, 0.25) is 0 Å². The molecule has 4 nitrogen and oxygen atoms in total. The summed E-state index contributed by atoms with van der Waals surface area (Å²) in [7, 11) is 0. The minimum absolute atomic E-state index is 0. The molecule has 0 aliphatic rings. The van der Waals surface area contributed by atoms with E-state index in [0.717, 1.165) is 22.5 Å². The molecular formula is C21H24BBrF3KN4. The van der Waals surface area contributed by atoms with Gasteiger partial charge in [-0.3, -0.25) is 0 Å². The van der Waals surface area contributed by atoms with Crippen LogP contribution in [0, 0.1) is 22.7 Å². The molecule has 2 rings (SSSR count). The van der Waals surface area contributed by atoms with Crippen LogP contribution in [0.5, 0.6) is 0 Å². The molecule has 0 unspecified atom stereocenters. The van der Waals surface area contributed by atoms with Crippen molar-refractivity contribution < 1.29 is 64.3 Å². The predicted octanol–water partition coefficient (Wildman–Crippen LogP) is 3.67. The summed E-state index contributed by atoms with van der Waals surface area (Å²) in [5, 5.41) is 17.1. The fraction of sp³-hybridized carbons (Fsp3) is 0.143. The second-order valence-corrected chi connectivity index (χ2v) is 6.82. The standard InChI is InChI=1S/C10H10N2.C7H5BrN2.C3H5BF3.CH4.K/c1-7(2)9-5-8(6-11)3-4-10(9)12;8-6-3-5(4-9)1-2-7(6)10;1-3(2)4(5,6)7;;/h3-5H,1,12H2,2H3;1-3H,10H2;1H2,2H3;1H4;/q;;-1;;+1. The zero-order valence-corrected chi connectivity index (χ0v) is 21.7. The molecular weight excluding hydrogens is 495 g/mol. The molecule has 0 fully saturated rings. The van der Waals surface area contributed by atoms with Crippen molar-refractivity contribution in [3.63, 3.8) is 0 Å². The van der Waals surface area contributed by atoms with Crippen LogP contribution in [0.3, 0.4) is 0 Å². The summed E-state index contributed by atoms with van der Waals surface area (Å²) in [6, 6.07) is 14.3. The second kappa shape index (κ2) is 16.2. The zero-order chi connectivity index (χ0) is 22.8. The average Bonchev–Trinajstić information content (AvgIpc) is 2.64. The van der Waals surface area contributed by atoms with E-state index in [-0.39, 0.29) is 58.8 Å². The molecule has 0 saturated heterocycles. The Morgan fingerprint density at radius 1 is 0.935 bits per heavy atom. The van der Waals surface area contributed by atoms with Crippen LogP contribution in [0.25, 0.3) is 5.57 Å². The number of nitrogen functional groups attached to an aromatic ring is 2. The monoisotopic (exact) mass is 518 g/mol. The van der Waals surface area contributed by atoms with Crippen molar-refractivity contribution in [3.8, 4) is 12.1 Å². The third-order valence-corrected chi connectivity index (χ3v) is 4.02. The molecule has 31 heavy (non-hydrogen) atoms. The van der Waals surface area contributed by atoms with Crippen molar-refractivity contribution in [1.29, 1.82) is 10.5 Å². The van der Waals surface area contributed by atoms with Gasteiger partial charge in [0.15, 0.2) is 0 Å². The number of nitriles is 2. The first-order valence-corrected chi connectivity index (χ1v) is 8.88. The molecule has 0 atom stereocenters. The molecule has 10 heteroatoms. The fourth-order valence-electron chi connectivity index (χ4n) is 1.59. The Hall–Kier alpha value is -1.53. The maximum atomic E-state index is 11.1. The van der Waals surface area contributed by atoms with Crippen molar-refractivity contribution in [3.05, 3.63) is 76.2 Å². The van der Waals surface area contributed by atoms with Gasteiger partial charge in [-0.05, 0) is 64.8 Å². The summed E-state index contributed by atoms with van der Waals surface area (Å²) >= 11 is 3.21. The van der Waals surface area contributed by atoms with Crippen LogP contribution in [0.4, 0.5) is 24.3 Å². The maximum Gasteiger partial charge on any atom is 1.00 e. The van der Waals surface area contributed by atoms with E-state index in [1.807, 2.05) is 13.0 Å². The van der Waals surface area contributed by atoms with Gasteiger partial charge in [0.25, 0.3) is 0 Å². The molecule has 160 valence electrons. The first-order valence-electron chi connectivity index (χ1n) is 8.09. The van der Waals surface area contributed by atoms with Gasteiger partial charge < -0.3 is 24.4 Å². The smallest absolute Gasteiger partial charge is 0.445 e. The number of hydrogen-bond donors (Lipinski definition) is 2. The van der Waals surface area contributed by atoms with Crippen molar-refractivity contribution in [1.82, 2.24) is 0 Å². The van der Waals surface area contributed by atoms with Gasteiger partial charge in [0.05, 0.1) is 23.3 Å². The van der Waals surface area contributed by atoms with E-state index in [2.05, 4.69) is 35.2 Å². The van der Waals surface area contributed by atoms with Crippen LogP contribution < -0.4 is 62.9 Å². The third kappa shape index (κ3) is 13.5. The third-order valence-electron chi connectivity index (χ3n) is 3.33. The Kier molecular flexibility index (Phi) is 17.8. The van der Waals surface area contributed by atoms with Gasteiger partial charge in [-0.15, -0.1) is 12.1 Å². The Balaban J connectivity index is -0.000000380. The topological polar surface area (TPSA) is 99.6 Å². The number of nitrogens with two attached hydrogens (primary N) is 2. The molecule has 4 N–H and O–H groups in total. The molecule has 0 aliphatic carbocycles. The van der Waals surface area contributed by atoms with E-state index in [0.29, 0.717) is 22.5 Å². The van der Waals surface area contributed by atoms with Crippen molar-refractivity contribution in [2.45, 2.75) is 21.3 Å². The Morgan fingerprint density at radius 2 is 1.32 bits per heavy atom. The molecule has 0 bridgehead atoms. The normalized spacial score (nSPS) is 8.90. The zero-order valence-electron chi connectivity index (χ0n) is 17.0. The molecule has 2 aromatic carbocycles. The number of halogens is 4. The molecule has 0 spiro atoms. The Labute approximate surface area is 233 Å². The number of allylic oxidation sites excluding steroid dienone is 2. The van der Waals surface area contributed by atoms with Crippen LogP contribution in [-0.4, -0.2) is 6.98 Å². The quantitative estimate of drug-likeness (QED) is 0.468. The Bertz CT molecular complexity index is 980. The van der Waals surface area contributed by atoms with Gasteiger partial charge in [0, 0.05) is 21.4 Å². The Morgan fingerprint density at radius 3 is 1.65 bits per heavy atom. The number of nitrogens with zero attached hydrogens (tertiary/aromatic N) is 2. The van der Waals surface area contributed by atoms with E-state index >= 15 is 0 Å². The predicted molar refractivity (Wildman–Crippen MR) is 124 cm³/mol. The summed E-state index contributed by atoms with van der Waals surface area (Å²) in [5.41, 5.74) is 14.7. The van der Waals surface area contributed by atoms with E-state index in [9.17, 15) is 12.9 Å². The fourth-order valence-corrected chi connectivity index (χ4v) is 1.97. The molecule has 0 aromatic heterocycles. The van der Waals surface area contributed by atoms with Crippen LogP contribution >= 0.6 is 15.9 Å². The summed E-state index contributed by atoms with van der Waals surface area (Å²) in [6.45, 7) is 4.58. The van der Waals surface area contributed by atoms with Crippen molar-refractivity contribution in [2.75, 3.05) is 11.5 Å². The van der Waals surface area contributed by atoms with Crippen molar-refractivity contribution >= 4 is 39.9 Å². The second-order valence-electron chi connectivity index (χ2n) is 5.96. The van der Waals surface area contributed by atoms with Gasteiger partial charge in [-0.1, -0.05) is 20.9 Å². The van der Waals surface area contributed by atoms with Gasteiger partial charge in [0.1, 0.15) is 0 Å². The average molecular weight is 519 g/mol. The maximum absolute atomic E-state index is 11.1. The largest absolute Gasteiger partial charge is 1.00 e. The summed E-state index contributed by atoms with van der Waals surface area (Å²) < 4.78 is 34.2. The number of benzene rings is 2. The number of anilines is 2. The summed E-state index contributed by atoms with van der Waals surface area (Å²) in [4.78, 5) is 0. The number of rotatable bonds is 2. The number of hydrogen-bond acceptors (Lipinski definition) is 4. The van der Waals surface area contributed by atoms with Gasteiger partial charge in [-0.25, -0.2) is 0 Å². The van der Waals surface area contributed by atoms with Crippen LogP contribution in [-0.2, 0) is 0 Å². The van der Waals surface area contributed by atoms with Gasteiger partial charge in [-0.2, -0.15) is 10.5 Å². The van der Waals surface area contributed by atoms with Gasteiger partial charge in [0.2, 0.25) is 0 Å².